The van der Waals surface area contributed by atoms with E-state index in [4.69, 9.17) is 12.2 Å². The zero-order valence-corrected chi connectivity index (χ0v) is 9.92. The minimum absolute atomic E-state index is 0.633. The lowest BCUT2D eigenvalue weighted by molar-refractivity contribution is 0.873. The molecule has 2 heterocycles. The summed E-state index contributed by atoms with van der Waals surface area (Å²) in [6, 6.07) is 5.76. The first kappa shape index (κ1) is 11.0. The lowest BCUT2D eigenvalue weighted by Gasteiger charge is -2.04. The van der Waals surface area contributed by atoms with Crippen LogP contribution in [0.15, 0.2) is 30.6 Å². The number of hydrogen-bond acceptors (Lipinski definition) is 3. The van der Waals surface area contributed by atoms with Crippen LogP contribution in [-0.2, 0) is 6.42 Å². The Hall–Kier alpha value is -1.55. The van der Waals surface area contributed by atoms with E-state index in [1.807, 2.05) is 18.2 Å². The molecule has 16 heavy (non-hydrogen) atoms. The summed E-state index contributed by atoms with van der Waals surface area (Å²) < 4.78 is 0.633. The summed E-state index contributed by atoms with van der Waals surface area (Å²) in [5.41, 5.74) is 2.15. The van der Waals surface area contributed by atoms with E-state index >= 15 is 0 Å². The van der Waals surface area contributed by atoms with Gasteiger partial charge >= 0.3 is 0 Å². The maximum Gasteiger partial charge on any atom is 0.139 e. The van der Waals surface area contributed by atoms with Gasteiger partial charge in [0.15, 0.2) is 0 Å². The fourth-order valence-electron chi connectivity index (χ4n) is 1.56. The number of H-pyrrole nitrogens is 1. The summed E-state index contributed by atoms with van der Waals surface area (Å²) in [5.74, 6) is 0.818. The van der Waals surface area contributed by atoms with Crippen molar-refractivity contribution in [2.75, 3.05) is 0 Å². The van der Waals surface area contributed by atoms with Gasteiger partial charge in [-0.3, -0.25) is 4.98 Å². The van der Waals surface area contributed by atoms with Gasteiger partial charge in [0.05, 0.1) is 0 Å². The molecule has 0 unspecified atom stereocenters. The van der Waals surface area contributed by atoms with Crippen LogP contribution in [0.3, 0.4) is 0 Å². The van der Waals surface area contributed by atoms with E-state index in [0.717, 1.165) is 29.9 Å². The van der Waals surface area contributed by atoms with Crippen molar-refractivity contribution in [2.45, 2.75) is 19.8 Å². The highest BCUT2D eigenvalue weighted by Gasteiger charge is 2.01. The van der Waals surface area contributed by atoms with Gasteiger partial charge in [0, 0.05) is 23.7 Å². The Kier molecular flexibility index (Phi) is 3.41. The molecule has 1 N–H and O–H groups in total. The van der Waals surface area contributed by atoms with Crippen molar-refractivity contribution in [1.82, 2.24) is 15.0 Å². The first-order chi connectivity index (χ1) is 7.79. The molecule has 0 spiro atoms. The van der Waals surface area contributed by atoms with Crippen molar-refractivity contribution in [1.29, 1.82) is 0 Å². The summed E-state index contributed by atoms with van der Waals surface area (Å²) in [7, 11) is 0. The van der Waals surface area contributed by atoms with Crippen LogP contribution in [0.1, 0.15) is 19.0 Å². The summed E-state index contributed by atoms with van der Waals surface area (Å²) in [5, 5.41) is 0. The van der Waals surface area contributed by atoms with Gasteiger partial charge < -0.3 is 4.98 Å². The second-order valence-corrected chi connectivity index (χ2v) is 4.00. The molecule has 0 aliphatic carbocycles. The van der Waals surface area contributed by atoms with Gasteiger partial charge in [0.2, 0.25) is 0 Å². The van der Waals surface area contributed by atoms with E-state index in [-0.39, 0.29) is 0 Å². The standard InChI is InChI=1S/C12H13N3S/c1-2-3-10-8-11(16)15-12(14-10)9-4-6-13-7-5-9/h4-8H,2-3H2,1H3,(H,14,15,16). The zero-order valence-electron chi connectivity index (χ0n) is 9.10. The molecule has 2 aromatic rings. The van der Waals surface area contributed by atoms with Crippen LogP contribution in [0.2, 0.25) is 0 Å². The number of rotatable bonds is 3. The average molecular weight is 231 g/mol. The quantitative estimate of drug-likeness (QED) is 0.825. The first-order valence-corrected chi connectivity index (χ1v) is 5.71. The zero-order chi connectivity index (χ0) is 11.4. The monoisotopic (exact) mass is 231 g/mol. The van der Waals surface area contributed by atoms with Crippen LogP contribution in [0.25, 0.3) is 11.4 Å². The van der Waals surface area contributed by atoms with Crippen molar-refractivity contribution < 1.29 is 0 Å². The lowest BCUT2D eigenvalue weighted by atomic mass is 10.2. The number of aryl methyl sites for hydroxylation is 1. The Balaban J connectivity index is 2.45. The molecular formula is C12H13N3S. The Labute approximate surface area is 99.6 Å². The smallest absolute Gasteiger partial charge is 0.139 e. The van der Waals surface area contributed by atoms with Gasteiger partial charge in [-0.15, -0.1) is 0 Å². The maximum absolute atomic E-state index is 5.15. The number of pyridine rings is 1. The molecule has 82 valence electrons. The Morgan fingerprint density at radius 1 is 1.31 bits per heavy atom. The number of nitrogens with one attached hydrogen (secondary N) is 1. The number of aromatic nitrogens is 3. The van der Waals surface area contributed by atoms with E-state index in [0.29, 0.717) is 4.64 Å². The van der Waals surface area contributed by atoms with Gasteiger partial charge in [0.25, 0.3) is 0 Å². The second-order valence-electron chi connectivity index (χ2n) is 3.58. The average Bonchev–Trinajstić information content (AvgIpc) is 2.30. The molecule has 0 amide bonds. The molecular weight excluding hydrogens is 218 g/mol. The van der Waals surface area contributed by atoms with Gasteiger partial charge in [-0.2, -0.15) is 0 Å². The van der Waals surface area contributed by atoms with E-state index in [2.05, 4.69) is 21.9 Å². The highest BCUT2D eigenvalue weighted by molar-refractivity contribution is 7.71. The molecule has 0 radical (unpaired) electrons. The first-order valence-electron chi connectivity index (χ1n) is 5.30. The molecule has 0 aliphatic rings. The highest BCUT2D eigenvalue weighted by Crippen LogP contribution is 2.14. The minimum Gasteiger partial charge on any atom is -0.343 e. The predicted molar refractivity (Wildman–Crippen MR) is 66.6 cm³/mol. The highest BCUT2D eigenvalue weighted by atomic mass is 32.1. The molecule has 0 saturated heterocycles. The normalized spacial score (nSPS) is 10.3. The molecule has 2 rings (SSSR count). The topological polar surface area (TPSA) is 41.6 Å². The third-order valence-corrected chi connectivity index (χ3v) is 2.48. The number of hydrogen-bond donors (Lipinski definition) is 1. The Bertz CT molecular complexity index is 519. The molecule has 0 saturated carbocycles. The lowest BCUT2D eigenvalue weighted by Crippen LogP contribution is -1.95. The number of aromatic amines is 1. The summed E-state index contributed by atoms with van der Waals surface area (Å²) in [6.07, 6.45) is 5.58. The van der Waals surface area contributed by atoms with Crippen molar-refractivity contribution in [2.24, 2.45) is 0 Å². The van der Waals surface area contributed by atoms with E-state index in [1.165, 1.54) is 0 Å². The molecule has 0 aliphatic heterocycles. The van der Waals surface area contributed by atoms with E-state index in [1.54, 1.807) is 12.4 Å². The van der Waals surface area contributed by atoms with Crippen LogP contribution in [0, 0.1) is 4.64 Å². The molecule has 4 heteroatoms. The van der Waals surface area contributed by atoms with Crippen LogP contribution in [0.5, 0.6) is 0 Å². The van der Waals surface area contributed by atoms with Gasteiger partial charge in [-0.25, -0.2) is 4.98 Å². The van der Waals surface area contributed by atoms with Gasteiger partial charge in [-0.1, -0.05) is 25.6 Å². The fourth-order valence-corrected chi connectivity index (χ4v) is 1.79. The molecule has 3 nitrogen and oxygen atoms in total. The Morgan fingerprint density at radius 3 is 2.75 bits per heavy atom. The molecule has 2 aromatic heterocycles. The Morgan fingerprint density at radius 2 is 2.06 bits per heavy atom. The van der Waals surface area contributed by atoms with Crippen molar-refractivity contribution in [3.8, 4) is 11.4 Å². The van der Waals surface area contributed by atoms with Crippen LogP contribution in [-0.4, -0.2) is 15.0 Å². The summed E-state index contributed by atoms with van der Waals surface area (Å²) in [4.78, 5) is 11.6. The summed E-state index contributed by atoms with van der Waals surface area (Å²) >= 11 is 5.15. The molecule has 0 bridgehead atoms. The fraction of sp³-hybridized carbons (Fsp3) is 0.250. The third-order valence-electron chi connectivity index (χ3n) is 2.27. The van der Waals surface area contributed by atoms with Crippen LogP contribution < -0.4 is 0 Å². The third kappa shape index (κ3) is 2.52. The van der Waals surface area contributed by atoms with Crippen molar-refractivity contribution in [3.63, 3.8) is 0 Å². The molecule has 0 atom stereocenters. The van der Waals surface area contributed by atoms with Crippen molar-refractivity contribution >= 4 is 12.2 Å². The number of nitrogens with zero attached hydrogens (tertiary/aromatic N) is 2. The van der Waals surface area contributed by atoms with Crippen LogP contribution in [0.4, 0.5) is 0 Å². The minimum atomic E-state index is 0.633. The van der Waals surface area contributed by atoms with Crippen molar-refractivity contribution in [3.05, 3.63) is 40.9 Å². The molecule has 0 fully saturated rings. The van der Waals surface area contributed by atoms with Crippen LogP contribution >= 0.6 is 12.2 Å². The second kappa shape index (κ2) is 4.99. The predicted octanol–water partition coefficient (Wildman–Crippen LogP) is 3.15. The van der Waals surface area contributed by atoms with E-state index < -0.39 is 0 Å². The van der Waals surface area contributed by atoms with E-state index in [9.17, 15) is 0 Å². The molecule has 0 aromatic carbocycles. The van der Waals surface area contributed by atoms with Gasteiger partial charge in [0.1, 0.15) is 10.5 Å². The SMILES string of the molecule is CCCc1cc(=S)nc(-c2ccncc2)[nH]1. The van der Waals surface area contributed by atoms with Gasteiger partial charge in [-0.05, 0) is 24.6 Å². The largest absolute Gasteiger partial charge is 0.343 e. The maximum atomic E-state index is 5.15. The summed E-state index contributed by atoms with van der Waals surface area (Å²) in [6.45, 7) is 2.14.